The summed E-state index contributed by atoms with van der Waals surface area (Å²) in [6.07, 6.45) is 1.44. The van der Waals surface area contributed by atoms with E-state index in [9.17, 15) is 0 Å². The van der Waals surface area contributed by atoms with Gasteiger partial charge in [0.2, 0.25) is 0 Å². The van der Waals surface area contributed by atoms with Gasteiger partial charge in [-0.05, 0) is 19.2 Å². The van der Waals surface area contributed by atoms with Crippen LogP contribution >= 0.6 is 0 Å². The zero-order chi connectivity index (χ0) is 13.7. The maximum Gasteiger partial charge on any atom is 0.181 e. The minimum Gasteiger partial charge on any atom is -0.446 e. The summed E-state index contributed by atoms with van der Waals surface area (Å²) in [5.41, 5.74) is 7.92. The molecule has 5 heteroatoms. The molecule has 0 unspecified atom stereocenters. The number of hydrogen-bond donors (Lipinski definition) is 1. The molecule has 98 valence electrons. The van der Waals surface area contributed by atoms with Crippen LogP contribution in [0.15, 0.2) is 35.1 Å². The molecule has 0 amide bonds. The van der Waals surface area contributed by atoms with Crippen LogP contribution in [0.2, 0.25) is 0 Å². The highest BCUT2D eigenvalue weighted by Gasteiger charge is 2.12. The SMILES string of the molecule is CN(CCN)Cc1ocnc1-c1ccc(C#N)cc1. The second-order valence-electron chi connectivity index (χ2n) is 4.34. The molecule has 0 saturated heterocycles. The molecule has 0 aliphatic heterocycles. The quantitative estimate of drug-likeness (QED) is 0.879. The van der Waals surface area contributed by atoms with Crippen molar-refractivity contribution in [2.24, 2.45) is 5.73 Å². The number of likely N-dealkylation sites (N-methyl/N-ethyl adjacent to an activating group) is 1. The van der Waals surface area contributed by atoms with Gasteiger partial charge in [0.05, 0.1) is 18.2 Å². The fourth-order valence-electron chi connectivity index (χ4n) is 1.87. The van der Waals surface area contributed by atoms with Crippen LogP contribution < -0.4 is 5.73 Å². The van der Waals surface area contributed by atoms with Gasteiger partial charge in [-0.2, -0.15) is 5.26 Å². The van der Waals surface area contributed by atoms with Crippen LogP contribution in [0.25, 0.3) is 11.3 Å². The molecule has 0 aliphatic rings. The van der Waals surface area contributed by atoms with Gasteiger partial charge < -0.3 is 10.2 Å². The zero-order valence-corrected chi connectivity index (χ0v) is 10.8. The first kappa shape index (κ1) is 13.3. The van der Waals surface area contributed by atoms with Crippen molar-refractivity contribution >= 4 is 0 Å². The molecule has 1 heterocycles. The number of nitrogens with zero attached hydrogens (tertiary/aromatic N) is 3. The number of hydrogen-bond acceptors (Lipinski definition) is 5. The predicted octanol–water partition coefficient (Wildman–Crippen LogP) is 1.60. The lowest BCUT2D eigenvalue weighted by Gasteiger charge is -2.13. The monoisotopic (exact) mass is 256 g/mol. The van der Waals surface area contributed by atoms with Gasteiger partial charge in [-0.25, -0.2) is 4.98 Å². The maximum atomic E-state index is 8.79. The molecule has 0 bridgehead atoms. The van der Waals surface area contributed by atoms with Gasteiger partial charge in [0, 0.05) is 18.7 Å². The second-order valence-corrected chi connectivity index (χ2v) is 4.34. The van der Waals surface area contributed by atoms with Crippen LogP contribution in [0.3, 0.4) is 0 Å². The molecular weight excluding hydrogens is 240 g/mol. The van der Waals surface area contributed by atoms with Crippen LogP contribution in [-0.4, -0.2) is 30.0 Å². The van der Waals surface area contributed by atoms with E-state index in [0.29, 0.717) is 18.7 Å². The van der Waals surface area contributed by atoms with Gasteiger partial charge in [-0.1, -0.05) is 12.1 Å². The molecule has 0 radical (unpaired) electrons. The molecule has 19 heavy (non-hydrogen) atoms. The lowest BCUT2D eigenvalue weighted by molar-refractivity contribution is 0.303. The Kier molecular flexibility index (Phi) is 4.29. The molecule has 0 spiro atoms. The normalized spacial score (nSPS) is 10.6. The van der Waals surface area contributed by atoms with Crippen molar-refractivity contribution in [3.63, 3.8) is 0 Å². The highest BCUT2D eigenvalue weighted by atomic mass is 16.3. The third-order valence-corrected chi connectivity index (χ3v) is 2.85. The van der Waals surface area contributed by atoms with Gasteiger partial charge in [-0.3, -0.25) is 4.90 Å². The van der Waals surface area contributed by atoms with E-state index in [1.165, 1.54) is 6.39 Å². The van der Waals surface area contributed by atoms with Crippen LogP contribution in [-0.2, 0) is 6.54 Å². The Bertz CT molecular complexity index is 568. The first-order chi connectivity index (χ1) is 9.24. The van der Waals surface area contributed by atoms with Gasteiger partial charge in [0.15, 0.2) is 6.39 Å². The molecule has 2 aromatic rings. The molecule has 5 nitrogen and oxygen atoms in total. The topological polar surface area (TPSA) is 79.1 Å². The molecule has 2 N–H and O–H groups in total. The Morgan fingerprint density at radius 3 is 2.74 bits per heavy atom. The summed E-state index contributed by atoms with van der Waals surface area (Å²) in [4.78, 5) is 6.32. The highest BCUT2D eigenvalue weighted by Crippen LogP contribution is 2.23. The molecule has 0 aliphatic carbocycles. The van der Waals surface area contributed by atoms with Gasteiger partial charge in [0.1, 0.15) is 11.5 Å². The Labute approximate surface area is 112 Å². The number of rotatable bonds is 5. The Balaban J connectivity index is 2.21. The first-order valence-corrected chi connectivity index (χ1v) is 6.06. The van der Waals surface area contributed by atoms with E-state index < -0.39 is 0 Å². The van der Waals surface area contributed by atoms with E-state index in [2.05, 4.69) is 16.0 Å². The second kappa shape index (κ2) is 6.14. The van der Waals surface area contributed by atoms with Crippen LogP contribution in [0.1, 0.15) is 11.3 Å². The maximum absolute atomic E-state index is 8.79. The molecule has 1 aromatic heterocycles. The minimum atomic E-state index is 0.608. The summed E-state index contributed by atoms with van der Waals surface area (Å²) >= 11 is 0. The van der Waals surface area contributed by atoms with E-state index in [1.54, 1.807) is 12.1 Å². The Morgan fingerprint density at radius 1 is 1.37 bits per heavy atom. The molecule has 0 fully saturated rings. The number of nitriles is 1. The standard InChI is InChI=1S/C14H16N4O/c1-18(7-6-15)9-13-14(17-10-19-13)12-4-2-11(8-16)3-5-12/h2-5,10H,6-7,9,15H2,1H3. The lowest BCUT2D eigenvalue weighted by atomic mass is 10.1. The summed E-state index contributed by atoms with van der Waals surface area (Å²) in [5.74, 6) is 0.806. The van der Waals surface area contributed by atoms with Gasteiger partial charge in [-0.15, -0.1) is 0 Å². The van der Waals surface area contributed by atoms with Crippen molar-refractivity contribution in [3.05, 3.63) is 42.0 Å². The summed E-state index contributed by atoms with van der Waals surface area (Å²) in [7, 11) is 1.98. The average Bonchev–Trinajstić information content (AvgIpc) is 2.87. The third-order valence-electron chi connectivity index (χ3n) is 2.85. The molecule has 0 saturated carbocycles. The number of benzene rings is 1. The first-order valence-electron chi connectivity index (χ1n) is 6.06. The van der Waals surface area contributed by atoms with E-state index in [-0.39, 0.29) is 0 Å². The van der Waals surface area contributed by atoms with Crippen molar-refractivity contribution in [2.45, 2.75) is 6.54 Å². The average molecular weight is 256 g/mol. The summed E-state index contributed by atoms with van der Waals surface area (Å²) < 4.78 is 5.43. The van der Waals surface area contributed by atoms with Crippen LogP contribution in [0.4, 0.5) is 0 Å². The van der Waals surface area contributed by atoms with E-state index in [1.807, 2.05) is 19.2 Å². The molecular formula is C14H16N4O. The highest BCUT2D eigenvalue weighted by molar-refractivity contribution is 5.61. The van der Waals surface area contributed by atoms with Crippen molar-refractivity contribution in [1.82, 2.24) is 9.88 Å². The summed E-state index contributed by atoms with van der Waals surface area (Å²) in [6, 6.07) is 9.40. The predicted molar refractivity (Wildman–Crippen MR) is 72.0 cm³/mol. The summed E-state index contributed by atoms with van der Waals surface area (Å²) in [5, 5.41) is 8.79. The van der Waals surface area contributed by atoms with E-state index >= 15 is 0 Å². The van der Waals surface area contributed by atoms with Crippen LogP contribution in [0, 0.1) is 11.3 Å². The number of nitrogens with two attached hydrogens (primary N) is 1. The van der Waals surface area contributed by atoms with E-state index in [4.69, 9.17) is 15.4 Å². The third kappa shape index (κ3) is 3.19. The fourth-order valence-corrected chi connectivity index (χ4v) is 1.87. The van der Waals surface area contributed by atoms with Crippen molar-refractivity contribution in [3.8, 4) is 17.3 Å². The summed E-state index contributed by atoms with van der Waals surface area (Å²) in [6.45, 7) is 2.07. The molecule has 2 rings (SSSR count). The van der Waals surface area contributed by atoms with Gasteiger partial charge >= 0.3 is 0 Å². The molecule has 0 atom stereocenters. The van der Waals surface area contributed by atoms with Crippen molar-refractivity contribution < 1.29 is 4.42 Å². The van der Waals surface area contributed by atoms with Crippen LogP contribution in [0.5, 0.6) is 0 Å². The largest absolute Gasteiger partial charge is 0.446 e. The molecule has 1 aromatic carbocycles. The number of oxazole rings is 1. The zero-order valence-electron chi connectivity index (χ0n) is 10.8. The Hall–Kier alpha value is -2.16. The Morgan fingerprint density at radius 2 is 2.11 bits per heavy atom. The number of aromatic nitrogens is 1. The van der Waals surface area contributed by atoms with Crippen molar-refractivity contribution in [1.29, 1.82) is 5.26 Å². The smallest absolute Gasteiger partial charge is 0.181 e. The van der Waals surface area contributed by atoms with Crippen molar-refractivity contribution in [2.75, 3.05) is 20.1 Å². The van der Waals surface area contributed by atoms with E-state index in [0.717, 1.165) is 23.6 Å². The lowest BCUT2D eigenvalue weighted by Crippen LogP contribution is -2.25. The van der Waals surface area contributed by atoms with Gasteiger partial charge in [0.25, 0.3) is 0 Å². The fraction of sp³-hybridized carbons (Fsp3) is 0.286. The minimum absolute atomic E-state index is 0.608.